The van der Waals surface area contributed by atoms with Crippen molar-refractivity contribution in [1.29, 1.82) is 0 Å². The molecule has 0 aliphatic rings. The van der Waals surface area contributed by atoms with Gasteiger partial charge >= 0.3 is 6.18 Å². The Labute approximate surface area is 114 Å². The van der Waals surface area contributed by atoms with Gasteiger partial charge in [0.2, 0.25) is 0 Å². The summed E-state index contributed by atoms with van der Waals surface area (Å²) in [5.41, 5.74) is -3.08. The monoisotopic (exact) mass is 304 g/mol. The number of halogens is 6. The summed E-state index contributed by atoms with van der Waals surface area (Å²) < 4.78 is 77.6. The van der Waals surface area contributed by atoms with Crippen LogP contribution in [0.15, 0.2) is 36.4 Å². The Kier molecular flexibility index (Phi) is 3.76. The largest absolute Gasteiger partial charge is 0.416 e. The molecule has 0 spiro atoms. The standard InChI is InChI=1S/C14H6F6O/c15-8-2-4-12(17)10(6-8)13(21)9-5-7(14(18,19)20)1-3-11(9)16/h1-6H. The number of ketones is 1. The van der Waals surface area contributed by atoms with Crippen molar-refractivity contribution in [3.8, 4) is 0 Å². The second kappa shape index (κ2) is 5.23. The average molecular weight is 304 g/mol. The van der Waals surface area contributed by atoms with Crippen LogP contribution in [-0.2, 0) is 6.18 Å². The van der Waals surface area contributed by atoms with E-state index in [1.807, 2.05) is 0 Å². The maximum absolute atomic E-state index is 13.5. The molecule has 0 aliphatic heterocycles. The van der Waals surface area contributed by atoms with Gasteiger partial charge in [0, 0.05) is 0 Å². The Morgan fingerprint density at radius 2 is 1.33 bits per heavy atom. The van der Waals surface area contributed by atoms with Gasteiger partial charge in [-0.1, -0.05) is 0 Å². The molecule has 0 heterocycles. The van der Waals surface area contributed by atoms with Crippen LogP contribution in [0.4, 0.5) is 26.3 Å². The fourth-order valence-electron chi connectivity index (χ4n) is 1.69. The minimum absolute atomic E-state index is 0.266. The molecule has 0 N–H and O–H groups in total. The van der Waals surface area contributed by atoms with Crippen molar-refractivity contribution in [2.24, 2.45) is 0 Å². The van der Waals surface area contributed by atoms with Crippen LogP contribution in [0.2, 0.25) is 0 Å². The molecule has 0 radical (unpaired) electrons. The second-order valence-electron chi connectivity index (χ2n) is 4.15. The van der Waals surface area contributed by atoms with Gasteiger partial charge in [-0.2, -0.15) is 13.2 Å². The number of benzene rings is 2. The second-order valence-corrected chi connectivity index (χ2v) is 4.15. The molecule has 21 heavy (non-hydrogen) atoms. The van der Waals surface area contributed by atoms with Crippen molar-refractivity contribution in [2.75, 3.05) is 0 Å². The third-order valence-electron chi connectivity index (χ3n) is 2.71. The topological polar surface area (TPSA) is 17.1 Å². The molecular weight excluding hydrogens is 298 g/mol. The number of carbonyl (C=O) groups is 1. The molecule has 2 rings (SSSR count). The lowest BCUT2D eigenvalue weighted by molar-refractivity contribution is -0.137. The molecule has 0 fully saturated rings. The summed E-state index contributed by atoms with van der Waals surface area (Å²) in [7, 11) is 0. The fourth-order valence-corrected chi connectivity index (χ4v) is 1.69. The van der Waals surface area contributed by atoms with Crippen molar-refractivity contribution in [3.63, 3.8) is 0 Å². The SMILES string of the molecule is O=C(c1cc(F)ccc1F)c1cc(C(F)(F)F)ccc1F. The first-order valence-corrected chi connectivity index (χ1v) is 5.56. The highest BCUT2D eigenvalue weighted by molar-refractivity contribution is 6.09. The van der Waals surface area contributed by atoms with E-state index in [1.54, 1.807) is 0 Å². The lowest BCUT2D eigenvalue weighted by Crippen LogP contribution is -2.11. The van der Waals surface area contributed by atoms with E-state index in [0.29, 0.717) is 24.3 Å². The molecule has 2 aromatic carbocycles. The highest BCUT2D eigenvalue weighted by Crippen LogP contribution is 2.31. The lowest BCUT2D eigenvalue weighted by Gasteiger charge is -2.09. The van der Waals surface area contributed by atoms with Crippen LogP contribution >= 0.6 is 0 Å². The number of carbonyl (C=O) groups excluding carboxylic acids is 1. The summed E-state index contributed by atoms with van der Waals surface area (Å²) >= 11 is 0. The lowest BCUT2D eigenvalue weighted by atomic mass is 10.00. The Balaban J connectivity index is 2.55. The van der Waals surface area contributed by atoms with E-state index in [-0.39, 0.29) is 6.07 Å². The van der Waals surface area contributed by atoms with Crippen LogP contribution in [0.3, 0.4) is 0 Å². The first kappa shape index (κ1) is 15.1. The van der Waals surface area contributed by atoms with Gasteiger partial charge in [-0.15, -0.1) is 0 Å². The fraction of sp³-hybridized carbons (Fsp3) is 0.0714. The van der Waals surface area contributed by atoms with Gasteiger partial charge in [-0.3, -0.25) is 4.79 Å². The van der Waals surface area contributed by atoms with Crippen LogP contribution < -0.4 is 0 Å². The van der Waals surface area contributed by atoms with E-state index in [0.717, 1.165) is 6.07 Å². The van der Waals surface area contributed by atoms with E-state index in [4.69, 9.17) is 0 Å². The highest BCUT2D eigenvalue weighted by atomic mass is 19.4. The van der Waals surface area contributed by atoms with E-state index in [1.165, 1.54) is 0 Å². The van der Waals surface area contributed by atoms with Crippen molar-refractivity contribution in [2.45, 2.75) is 6.18 Å². The van der Waals surface area contributed by atoms with Gasteiger partial charge in [0.15, 0.2) is 5.78 Å². The molecule has 0 aliphatic carbocycles. The maximum atomic E-state index is 13.5. The maximum Gasteiger partial charge on any atom is 0.416 e. The molecule has 0 saturated heterocycles. The molecular formula is C14H6F6O. The van der Waals surface area contributed by atoms with Crippen molar-refractivity contribution in [1.82, 2.24) is 0 Å². The molecule has 7 heteroatoms. The normalized spacial score (nSPS) is 11.5. The highest BCUT2D eigenvalue weighted by Gasteiger charge is 2.32. The van der Waals surface area contributed by atoms with E-state index in [9.17, 15) is 31.1 Å². The first-order chi connectivity index (χ1) is 9.70. The molecule has 0 aromatic heterocycles. The zero-order valence-corrected chi connectivity index (χ0v) is 10.1. The summed E-state index contributed by atoms with van der Waals surface area (Å²) in [5.74, 6) is -4.74. The average Bonchev–Trinajstić information content (AvgIpc) is 2.40. The number of rotatable bonds is 2. The summed E-state index contributed by atoms with van der Waals surface area (Å²) in [4.78, 5) is 11.9. The first-order valence-electron chi connectivity index (χ1n) is 5.56. The van der Waals surface area contributed by atoms with Crippen LogP contribution in [0.5, 0.6) is 0 Å². The molecule has 1 nitrogen and oxygen atoms in total. The Morgan fingerprint density at radius 3 is 1.90 bits per heavy atom. The smallest absolute Gasteiger partial charge is 0.288 e. The van der Waals surface area contributed by atoms with Crippen molar-refractivity contribution < 1.29 is 31.1 Å². The molecule has 0 bridgehead atoms. The van der Waals surface area contributed by atoms with Gasteiger partial charge < -0.3 is 0 Å². The number of alkyl halides is 3. The van der Waals surface area contributed by atoms with E-state index in [2.05, 4.69) is 0 Å². The van der Waals surface area contributed by atoms with Gasteiger partial charge in [0.05, 0.1) is 16.7 Å². The number of hydrogen-bond donors (Lipinski definition) is 0. The number of hydrogen-bond acceptors (Lipinski definition) is 1. The van der Waals surface area contributed by atoms with Crippen LogP contribution in [0, 0.1) is 17.5 Å². The molecule has 0 unspecified atom stereocenters. The van der Waals surface area contributed by atoms with E-state index >= 15 is 0 Å². The van der Waals surface area contributed by atoms with Crippen molar-refractivity contribution in [3.05, 3.63) is 70.5 Å². The minimum Gasteiger partial charge on any atom is -0.288 e. The summed E-state index contributed by atoms with van der Waals surface area (Å²) in [5, 5.41) is 0. The quantitative estimate of drug-likeness (QED) is 0.595. The summed E-state index contributed by atoms with van der Waals surface area (Å²) in [6.07, 6.45) is -4.79. The molecule has 0 atom stereocenters. The predicted octanol–water partition coefficient (Wildman–Crippen LogP) is 4.35. The zero-order valence-electron chi connectivity index (χ0n) is 10.1. The predicted molar refractivity (Wildman–Crippen MR) is 61.2 cm³/mol. The van der Waals surface area contributed by atoms with Gasteiger partial charge in [-0.05, 0) is 36.4 Å². The van der Waals surface area contributed by atoms with Crippen molar-refractivity contribution >= 4 is 5.78 Å². The Bertz CT molecular complexity index is 705. The Hall–Kier alpha value is -2.31. The van der Waals surface area contributed by atoms with Crippen LogP contribution in [0.25, 0.3) is 0 Å². The van der Waals surface area contributed by atoms with E-state index < -0.39 is 46.1 Å². The zero-order chi connectivity index (χ0) is 15.8. The van der Waals surface area contributed by atoms with Gasteiger partial charge in [-0.25, -0.2) is 13.2 Å². The molecule has 0 amide bonds. The molecule has 110 valence electrons. The van der Waals surface area contributed by atoms with Crippen LogP contribution in [-0.4, -0.2) is 5.78 Å². The summed E-state index contributed by atoms with van der Waals surface area (Å²) in [6, 6.07) is 3.03. The molecule has 2 aromatic rings. The third kappa shape index (κ3) is 3.07. The van der Waals surface area contributed by atoms with Gasteiger partial charge in [0.1, 0.15) is 17.5 Å². The third-order valence-corrected chi connectivity index (χ3v) is 2.71. The molecule has 0 saturated carbocycles. The minimum atomic E-state index is -4.79. The van der Waals surface area contributed by atoms with Gasteiger partial charge in [0.25, 0.3) is 0 Å². The summed E-state index contributed by atoms with van der Waals surface area (Å²) in [6.45, 7) is 0. The van der Waals surface area contributed by atoms with Crippen LogP contribution in [0.1, 0.15) is 21.5 Å². The Morgan fingerprint density at radius 1 is 0.810 bits per heavy atom.